The van der Waals surface area contributed by atoms with Crippen LogP contribution >= 0.6 is 0 Å². The predicted molar refractivity (Wildman–Crippen MR) is 68.4 cm³/mol. The molecule has 0 aromatic carbocycles. The van der Waals surface area contributed by atoms with Gasteiger partial charge in [-0.1, -0.05) is 13.8 Å². The molecule has 0 fully saturated rings. The molecular formula is C12H20N2O5. The zero-order chi connectivity index (χ0) is 14.7. The van der Waals surface area contributed by atoms with Crippen molar-refractivity contribution >= 4 is 18.0 Å². The van der Waals surface area contributed by atoms with E-state index in [-0.39, 0.29) is 19.2 Å². The SMILES string of the molecule is COC(=O)/C=C/C(=O)OCCNC(=O)NCC(C)C. The van der Waals surface area contributed by atoms with Gasteiger partial charge in [0.2, 0.25) is 0 Å². The maximum atomic E-state index is 11.2. The van der Waals surface area contributed by atoms with Gasteiger partial charge in [-0.15, -0.1) is 0 Å². The van der Waals surface area contributed by atoms with Gasteiger partial charge in [0.1, 0.15) is 6.61 Å². The number of rotatable bonds is 7. The summed E-state index contributed by atoms with van der Waals surface area (Å²) < 4.78 is 9.04. The smallest absolute Gasteiger partial charge is 0.331 e. The van der Waals surface area contributed by atoms with E-state index < -0.39 is 11.9 Å². The highest BCUT2D eigenvalue weighted by Crippen LogP contribution is 1.86. The number of hydrogen-bond donors (Lipinski definition) is 2. The molecule has 19 heavy (non-hydrogen) atoms. The lowest BCUT2D eigenvalue weighted by Crippen LogP contribution is -2.39. The molecule has 108 valence electrons. The van der Waals surface area contributed by atoms with Crippen molar-refractivity contribution in [1.29, 1.82) is 0 Å². The van der Waals surface area contributed by atoms with E-state index in [1.54, 1.807) is 0 Å². The Morgan fingerprint density at radius 2 is 1.74 bits per heavy atom. The van der Waals surface area contributed by atoms with Crippen LogP contribution in [-0.2, 0) is 19.1 Å². The minimum absolute atomic E-state index is 0.0272. The molecule has 0 aliphatic rings. The molecule has 0 bridgehead atoms. The van der Waals surface area contributed by atoms with E-state index in [2.05, 4.69) is 15.4 Å². The molecular weight excluding hydrogens is 252 g/mol. The topological polar surface area (TPSA) is 93.7 Å². The summed E-state index contributed by atoms with van der Waals surface area (Å²) in [6.45, 7) is 4.76. The quantitative estimate of drug-likeness (QED) is 0.392. The van der Waals surface area contributed by atoms with Crippen molar-refractivity contribution in [2.75, 3.05) is 26.8 Å². The van der Waals surface area contributed by atoms with Crippen LogP contribution in [-0.4, -0.2) is 44.8 Å². The van der Waals surface area contributed by atoms with Crippen LogP contribution in [0, 0.1) is 5.92 Å². The molecule has 2 amide bonds. The molecule has 0 aromatic rings. The highest BCUT2D eigenvalue weighted by Gasteiger charge is 2.02. The number of amides is 2. The van der Waals surface area contributed by atoms with Crippen LogP contribution in [0.3, 0.4) is 0 Å². The van der Waals surface area contributed by atoms with E-state index in [1.807, 2.05) is 13.8 Å². The van der Waals surface area contributed by atoms with Crippen molar-refractivity contribution in [2.45, 2.75) is 13.8 Å². The monoisotopic (exact) mass is 272 g/mol. The van der Waals surface area contributed by atoms with Crippen LogP contribution < -0.4 is 10.6 Å². The first-order valence-electron chi connectivity index (χ1n) is 5.90. The normalized spacial score (nSPS) is 10.3. The van der Waals surface area contributed by atoms with E-state index in [0.717, 1.165) is 12.2 Å². The van der Waals surface area contributed by atoms with Crippen molar-refractivity contribution in [3.8, 4) is 0 Å². The highest BCUT2D eigenvalue weighted by molar-refractivity contribution is 5.91. The van der Waals surface area contributed by atoms with Crippen molar-refractivity contribution in [3.05, 3.63) is 12.2 Å². The lowest BCUT2D eigenvalue weighted by Gasteiger charge is -2.09. The van der Waals surface area contributed by atoms with Crippen LogP contribution in [0.5, 0.6) is 0 Å². The number of hydrogen-bond acceptors (Lipinski definition) is 5. The van der Waals surface area contributed by atoms with Gasteiger partial charge in [0.25, 0.3) is 0 Å². The second kappa shape index (κ2) is 9.93. The molecule has 0 unspecified atom stereocenters. The van der Waals surface area contributed by atoms with Gasteiger partial charge in [0.15, 0.2) is 0 Å². The molecule has 2 N–H and O–H groups in total. The molecule has 0 saturated carbocycles. The highest BCUT2D eigenvalue weighted by atomic mass is 16.5. The van der Waals surface area contributed by atoms with Gasteiger partial charge >= 0.3 is 18.0 Å². The van der Waals surface area contributed by atoms with Crippen LogP contribution in [0.4, 0.5) is 4.79 Å². The number of nitrogens with one attached hydrogen (secondary N) is 2. The van der Waals surface area contributed by atoms with Crippen LogP contribution in [0.25, 0.3) is 0 Å². The largest absolute Gasteiger partial charge is 0.466 e. The summed E-state index contributed by atoms with van der Waals surface area (Å²) in [5.74, 6) is -0.940. The van der Waals surface area contributed by atoms with Crippen molar-refractivity contribution < 1.29 is 23.9 Å². The van der Waals surface area contributed by atoms with E-state index in [1.165, 1.54) is 7.11 Å². The third-order valence-electron chi connectivity index (χ3n) is 1.86. The molecule has 0 spiro atoms. The summed E-state index contributed by atoms with van der Waals surface area (Å²) >= 11 is 0. The van der Waals surface area contributed by atoms with Gasteiger partial charge in [-0.05, 0) is 5.92 Å². The van der Waals surface area contributed by atoms with Gasteiger partial charge in [-0.25, -0.2) is 14.4 Å². The van der Waals surface area contributed by atoms with Gasteiger partial charge in [-0.2, -0.15) is 0 Å². The minimum Gasteiger partial charge on any atom is -0.466 e. The van der Waals surface area contributed by atoms with Gasteiger partial charge in [0, 0.05) is 18.7 Å². The number of methoxy groups -OCH3 is 1. The summed E-state index contributed by atoms with van der Waals surface area (Å²) in [6.07, 6.45) is 1.93. The molecule has 0 aromatic heterocycles. The average molecular weight is 272 g/mol. The van der Waals surface area contributed by atoms with E-state index in [4.69, 9.17) is 4.74 Å². The second-order valence-electron chi connectivity index (χ2n) is 4.05. The van der Waals surface area contributed by atoms with Gasteiger partial charge in [-0.3, -0.25) is 0 Å². The number of esters is 2. The van der Waals surface area contributed by atoms with Crippen molar-refractivity contribution in [1.82, 2.24) is 10.6 Å². The molecule has 7 heteroatoms. The minimum atomic E-state index is -0.671. The summed E-state index contributed by atoms with van der Waals surface area (Å²) in [6, 6.07) is -0.310. The standard InChI is InChI=1S/C12H20N2O5/c1-9(2)8-14-12(17)13-6-7-19-11(16)5-4-10(15)18-3/h4-5,9H,6-8H2,1-3H3,(H2,13,14,17)/b5-4+. The zero-order valence-electron chi connectivity index (χ0n) is 11.4. The molecule has 0 saturated heterocycles. The fraction of sp³-hybridized carbons (Fsp3) is 0.583. The third kappa shape index (κ3) is 10.8. The van der Waals surface area contributed by atoms with E-state index >= 15 is 0 Å². The Hall–Kier alpha value is -2.05. The fourth-order valence-corrected chi connectivity index (χ4v) is 0.928. The molecule has 7 nitrogen and oxygen atoms in total. The molecule has 0 aliphatic carbocycles. The number of carbonyl (C=O) groups is 3. The summed E-state index contributed by atoms with van der Waals surface area (Å²) in [4.78, 5) is 33.0. The van der Waals surface area contributed by atoms with E-state index in [9.17, 15) is 14.4 Å². The number of carbonyl (C=O) groups excluding carboxylic acids is 3. The Morgan fingerprint density at radius 3 is 2.32 bits per heavy atom. The molecule has 0 radical (unpaired) electrons. The lowest BCUT2D eigenvalue weighted by atomic mass is 10.2. The Labute approximate surface area is 112 Å². The zero-order valence-corrected chi connectivity index (χ0v) is 11.4. The van der Waals surface area contributed by atoms with Gasteiger partial charge in [0.05, 0.1) is 13.7 Å². The molecule has 0 aliphatic heterocycles. The number of ether oxygens (including phenoxy) is 2. The Morgan fingerprint density at radius 1 is 1.11 bits per heavy atom. The second-order valence-corrected chi connectivity index (χ2v) is 4.05. The van der Waals surface area contributed by atoms with Crippen molar-refractivity contribution in [2.24, 2.45) is 5.92 Å². The van der Waals surface area contributed by atoms with Crippen LogP contribution in [0.1, 0.15) is 13.8 Å². The Bertz CT molecular complexity index is 339. The summed E-state index contributed by atoms with van der Waals surface area (Å²) in [5.41, 5.74) is 0. The predicted octanol–water partition coefficient (Wildman–Crippen LogP) is 0.214. The van der Waals surface area contributed by atoms with E-state index in [0.29, 0.717) is 12.5 Å². The van der Waals surface area contributed by atoms with Crippen LogP contribution in [0.15, 0.2) is 12.2 Å². The Balaban J connectivity index is 3.63. The first kappa shape index (κ1) is 16.9. The maximum absolute atomic E-state index is 11.2. The van der Waals surface area contributed by atoms with Gasteiger partial charge < -0.3 is 20.1 Å². The maximum Gasteiger partial charge on any atom is 0.331 e. The molecule has 0 atom stereocenters. The Kier molecular flexibility index (Phi) is 8.86. The van der Waals surface area contributed by atoms with Crippen LogP contribution in [0.2, 0.25) is 0 Å². The summed E-state index contributed by atoms with van der Waals surface area (Å²) in [7, 11) is 1.21. The average Bonchev–Trinajstić information content (AvgIpc) is 2.38. The first-order valence-corrected chi connectivity index (χ1v) is 5.90. The number of urea groups is 1. The fourth-order valence-electron chi connectivity index (χ4n) is 0.928. The third-order valence-corrected chi connectivity index (χ3v) is 1.86. The first-order chi connectivity index (χ1) is 8.95. The molecule has 0 heterocycles. The molecule has 0 rings (SSSR count). The summed E-state index contributed by atoms with van der Waals surface area (Å²) in [5, 5.41) is 5.18. The van der Waals surface area contributed by atoms with Crippen molar-refractivity contribution in [3.63, 3.8) is 0 Å². The lowest BCUT2D eigenvalue weighted by molar-refractivity contribution is -0.139.